The van der Waals surface area contributed by atoms with E-state index in [0.29, 0.717) is 6.10 Å². The monoisotopic (exact) mass is 317 g/mol. The lowest BCUT2D eigenvalue weighted by molar-refractivity contribution is 0.0168. The fourth-order valence-corrected chi connectivity index (χ4v) is 2.61. The molecule has 1 N–H and O–H groups in total. The van der Waals surface area contributed by atoms with E-state index in [1.165, 1.54) is 19.3 Å². The molecule has 1 atom stereocenters. The van der Waals surface area contributed by atoms with Crippen LogP contribution in [0.1, 0.15) is 24.8 Å². The van der Waals surface area contributed by atoms with Gasteiger partial charge in [-0.2, -0.15) is 0 Å². The van der Waals surface area contributed by atoms with Gasteiger partial charge >= 0.3 is 0 Å². The lowest BCUT2D eigenvalue weighted by Crippen LogP contribution is -2.31. The molecule has 94 valence electrons. The number of halogens is 2. The van der Waals surface area contributed by atoms with E-state index in [2.05, 4.69) is 27.3 Å². The third-order valence-electron chi connectivity index (χ3n) is 2.97. The maximum absolute atomic E-state index is 6.13. The first-order valence-corrected chi connectivity index (χ1v) is 7.19. The molecule has 1 fully saturated rings. The van der Waals surface area contributed by atoms with Gasteiger partial charge in [-0.15, -0.1) is 0 Å². The van der Waals surface area contributed by atoms with Crippen molar-refractivity contribution < 1.29 is 4.74 Å². The van der Waals surface area contributed by atoms with Gasteiger partial charge in [0.1, 0.15) is 0 Å². The van der Waals surface area contributed by atoms with E-state index in [1.807, 2.05) is 12.1 Å². The van der Waals surface area contributed by atoms with E-state index in [0.717, 1.165) is 34.8 Å². The summed E-state index contributed by atoms with van der Waals surface area (Å²) in [7, 11) is 0. The molecule has 0 aromatic heterocycles. The summed E-state index contributed by atoms with van der Waals surface area (Å²) in [6, 6.07) is 5.92. The third-order valence-corrected chi connectivity index (χ3v) is 3.83. The van der Waals surface area contributed by atoms with Crippen LogP contribution in [0.4, 0.5) is 0 Å². The van der Waals surface area contributed by atoms with Gasteiger partial charge in [0.2, 0.25) is 0 Å². The van der Waals surface area contributed by atoms with Gasteiger partial charge in [-0.25, -0.2) is 0 Å². The number of nitrogens with one attached hydrogen (secondary N) is 1. The highest BCUT2D eigenvalue weighted by atomic mass is 79.9. The maximum Gasteiger partial charge on any atom is 0.0699 e. The van der Waals surface area contributed by atoms with Gasteiger partial charge in [-0.1, -0.05) is 27.5 Å². The molecule has 0 saturated carbocycles. The number of hydrogen-bond acceptors (Lipinski definition) is 2. The number of benzene rings is 1. The van der Waals surface area contributed by atoms with E-state index >= 15 is 0 Å². The molecule has 2 rings (SSSR count). The van der Waals surface area contributed by atoms with Crippen LogP contribution in [0.2, 0.25) is 5.02 Å². The Morgan fingerprint density at radius 2 is 2.29 bits per heavy atom. The summed E-state index contributed by atoms with van der Waals surface area (Å²) in [5.74, 6) is 0. The molecule has 0 amide bonds. The van der Waals surface area contributed by atoms with Crippen LogP contribution in [0, 0.1) is 0 Å². The van der Waals surface area contributed by atoms with Crippen molar-refractivity contribution in [2.45, 2.75) is 31.9 Å². The van der Waals surface area contributed by atoms with Crippen LogP contribution in [0.5, 0.6) is 0 Å². The summed E-state index contributed by atoms with van der Waals surface area (Å²) < 4.78 is 6.73. The Morgan fingerprint density at radius 3 is 3.06 bits per heavy atom. The van der Waals surface area contributed by atoms with E-state index < -0.39 is 0 Å². The van der Waals surface area contributed by atoms with Crippen LogP contribution in [0.3, 0.4) is 0 Å². The molecule has 0 bridgehead atoms. The van der Waals surface area contributed by atoms with Crippen molar-refractivity contribution in [2.75, 3.05) is 13.2 Å². The first-order chi connectivity index (χ1) is 8.25. The minimum absolute atomic E-state index is 0.370. The van der Waals surface area contributed by atoms with Crippen molar-refractivity contribution in [3.63, 3.8) is 0 Å². The summed E-state index contributed by atoms with van der Waals surface area (Å²) in [6.45, 7) is 2.60. The third kappa shape index (κ3) is 4.25. The molecule has 1 heterocycles. The summed E-state index contributed by atoms with van der Waals surface area (Å²) in [5.41, 5.74) is 1.12. The summed E-state index contributed by atoms with van der Waals surface area (Å²) in [6.07, 6.45) is 4.02. The van der Waals surface area contributed by atoms with Gasteiger partial charge in [-0.3, -0.25) is 0 Å². The second kappa shape index (κ2) is 6.74. The molecule has 2 nitrogen and oxygen atoms in total. The highest BCUT2D eigenvalue weighted by molar-refractivity contribution is 9.10. The van der Waals surface area contributed by atoms with Gasteiger partial charge in [0.05, 0.1) is 6.10 Å². The predicted molar refractivity (Wildman–Crippen MR) is 74.4 cm³/mol. The van der Waals surface area contributed by atoms with Gasteiger partial charge < -0.3 is 10.1 Å². The molecule has 4 heteroatoms. The van der Waals surface area contributed by atoms with Gasteiger partial charge in [0, 0.05) is 29.2 Å². The fraction of sp³-hybridized carbons (Fsp3) is 0.538. The molecular weight excluding hydrogens is 302 g/mol. The van der Waals surface area contributed by atoms with Gasteiger partial charge in [0.25, 0.3) is 0 Å². The average molecular weight is 319 g/mol. The zero-order chi connectivity index (χ0) is 12.1. The average Bonchev–Trinajstić information content (AvgIpc) is 2.35. The van der Waals surface area contributed by atoms with Gasteiger partial charge in [0.15, 0.2) is 0 Å². The van der Waals surface area contributed by atoms with Crippen molar-refractivity contribution in [2.24, 2.45) is 0 Å². The smallest absolute Gasteiger partial charge is 0.0699 e. The molecule has 1 saturated heterocycles. The zero-order valence-electron chi connectivity index (χ0n) is 9.72. The Morgan fingerprint density at radius 1 is 1.41 bits per heavy atom. The zero-order valence-corrected chi connectivity index (χ0v) is 12.1. The summed E-state index contributed by atoms with van der Waals surface area (Å²) >= 11 is 9.58. The molecule has 0 aliphatic carbocycles. The molecule has 1 unspecified atom stereocenters. The molecule has 0 spiro atoms. The SMILES string of the molecule is Clc1ccc(Br)cc1CNCC1CCCCO1. The van der Waals surface area contributed by atoms with Crippen molar-refractivity contribution in [3.8, 4) is 0 Å². The molecule has 17 heavy (non-hydrogen) atoms. The standard InChI is InChI=1S/C13H17BrClNO/c14-11-4-5-13(15)10(7-11)8-16-9-12-3-1-2-6-17-12/h4-5,7,12,16H,1-3,6,8-9H2. The molecule has 0 radical (unpaired) electrons. The molecule has 1 aliphatic heterocycles. The number of hydrogen-bond donors (Lipinski definition) is 1. The lowest BCUT2D eigenvalue weighted by Gasteiger charge is -2.22. The van der Waals surface area contributed by atoms with E-state index in [1.54, 1.807) is 0 Å². The highest BCUT2D eigenvalue weighted by Crippen LogP contribution is 2.21. The summed E-state index contributed by atoms with van der Waals surface area (Å²) in [5, 5.41) is 4.22. The lowest BCUT2D eigenvalue weighted by atomic mass is 10.1. The van der Waals surface area contributed by atoms with E-state index in [9.17, 15) is 0 Å². The topological polar surface area (TPSA) is 21.3 Å². The van der Waals surface area contributed by atoms with Crippen LogP contribution in [0.15, 0.2) is 22.7 Å². The number of ether oxygens (including phenoxy) is 1. The molecule has 1 aromatic rings. The van der Waals surface area contributed by atoms with Crippen LogP contribution < -0.4 is 5.32 Å². The fourth-order valence-electron chi connectivity index (χ4n) is 2.01. The van der Waals surface area contributed by atoms with Crippen molar-refractivity contribution in [1.82, 2.24) is 5.32 Å². The van der Waals surface area contributed by atoms with Crippen LogP contribution in [-0.2, 0) is 11.3 Å². The van der Waals surface area contributed by atoms with Crippen molar-refractivity contribution in [1.29, 1.82) is 0 Å². The Balaban J connectivity index is 1.79. The van der Waals surface area contributed by atoms with E-state index in [-0.39, 0.29) is 0 Å². The van der Waals surface area contributed by atoms with Crippen LogP contribution >= 0.6 is 27.5 Å². The van der Waals surface area contributed by atoms with Gasteiger partial charge in [-0.05, 0) is 43.0 Å². The van der Waals surface area contributed by atoms with Crippen LogP contribution in [0.25, 0.3) is 0 Å². The first kappa shape index (κ1) is 13.3. The molecule has 1 aromatic carbocycles. The van der Waals surface area contributed by atoms with Crippen molar-refractivity contribution in [3.05, 3.63) is 33.3 Å². The summed E-state index contributed by atoms with van der Waals surface area (Å²) in [4.78, 5) is 0. The van der Waals surface area contributed by atoms with Crippen molar-refractivity contribution >= 4 is 27.5 Å². The Bertz CT molecular complexity index is 366. The van der Waals surface area contributed by atoms with E-state index in [4.69, 9.17) is 16.3 Å². The first-order valence-electron chi connectivity index (χ1n) is 6.02. The Kier molecular flexibility index (Phi) is 5.29. The highest BCUT2D eigenvalue weighted by Gasteiger charge is 2.13. The quantitative estimate of drug-likeness (QED) is 0.912. The Hall–Kier alpha value is -0.0900. The second-order valence-corrected chi connectivity index (χ2v) is 5.68. The largest absolute Gasteiger partial charge is 0.377 e. The maximum atomic E-state index is 6.13. The minimum atomic E-state index is 0.370. The molecule has 1 aliphatic rings. The molecular formula is C13H17BrClNO. The number of rotatable bonds is 4. The Labute approximate surface area is 116 Å². The predicted octanol–water partition coefficient (Wildman–Crippen LogP) is 3.76. The minimum Gasteiger partial charge on any atom is -0.377 e. The second-order valence-electron chi connectivity index (χ2n) is 4.36. The van der Waals surface area contributed by atoms with Crippen LogP contribution in [-0.4, -0.2) is 19.3 Å². The normalized spacial score (nSPS) is 20.5.